The minimum atomic E-state index is -0.248. The highest BCUT2D eigenvalue weighted by Gasteiger charge is 2.34. The molecule has 4 rings (SSSR count). The lowest BCUT2D eigenvalue weighted by atomic mass is 10.1. The number of hydrogen-bond donors (Lipinski definition) is 0. The van der Waals surface area contributed by atoms with Gasteiger partial charge in [0.15, 0.2) is 11.5 Å². The Labute approximate surface area is 169 Å². The van der Waals surface area contributed by atoms with Gasteiger partial charge in [-0.2, -0.15) is 0 Å². The summed E-state index contributed by atoms with van der Waals surface area (Å²) in [5.74, 6) is 1.04. The van der Waals surface area contributed by atoms with Crippen molar-refractivity contribution in [1.82, 2.24) is 4.90 Å². The number of amides is 2. The van der Waals surface area contributed by atoms with Gasteiger partial charge in [0.1, 0.15) is 0 Å². The molecular weight excluding hydrogens is 430 g/mol. The summed E-state index contributed by atoms with van der Waals surface area (Å²) in [6.07, 6.45) is 3.28. The number of fused-ring (bicyclic) bond motifs is 1. The van der Waals surface area contributed by atoms with E-state index in [4.69, 9.17) is 9.47 Å². The van der Waals surface area contributed by atoms with Crippen LogP contribution in [0.25, 0.3) is 6.08 Å². The summed E-state index contributed by atoms with van der Waals surface area (Å²) in [4.78, 5) is 26.7. The molecule has 2 aromatic rings. The van der Waals surface area contributed by atoms with Crippen LogP contribution in [-0.4, -0.2) is 29.4 Å². The Morgan fingerprint density at radius 2 is 1.85 bits per heavy atom. The quantitative estimate of drug-likeness (QED) is 0.615. The number of hydrogen-bond acceptors (Lipinski definition) is 5. The molecule has 0 saturated carbocycles. The monoisotopic (exact) mass is 445 g/mol. The highest BCUT2D eigenvalue weighted by Crippen LogP contribution is 2.39. The number of carbonyl (C=O) groups excluding carboxylic acids is 2. The number of rotatable bonds is 5. The lowest BCUT2D eigenvalue weighted by Gasteiger charge is -2.12. The van der Waals surface area contributed by atoms with Gasteiger partial charge in [0, 0.05) is 11.0 Å². The van der Waals surface area contributed by atoms with E-state index in [1.165, 1.54) is 10.5 Å². The van der Waals surface area contributed by atoms with Crippen molar-refractivity contribution in [2.45, 2.75) is 12.8 Å². The van der Waals surface area contributed by atoms with Gasteiger partial charge in [-0.3, -0.25) is 14.5 Å². The molecule has 1 saturated heterocycles. The van der Waals surface area contributed by atoms with Gasteiger partial charge in [0.2, 0.25) is 6.79 Å². The van der Waals surface area contributed by atoms with E-state index in [0.717, 1.165) is 34.6 Å². The minimum Gasteiger partial charge on any atom is -0.454 e. The molecule has 7 heteroatoms. The van der Waals surface area contributed by atoms with Crippen molar-refractivity contribution in [3.05, 3.63) is 63.0 Å². The summed E-state index contributed by atoms with van der Waals surface area (Å²) in [7, 11) is 0. The fourth-order valence-corrected chi connectivity index (χ4v) is 4.26. The Morgan fingerprint density at radius 3 is 2.63 bits per heavy atom. The third-order valence-corrected chi connectivity index (χ3v) is 5.94. The first kappa shape index (κ1) is 18.1. The van der Waals surface area contributed by atoms with Gasteiger partial charge in [-0.1, -0.05) is 46.3 Å². The van der Waals surface area contributed by atoms with Crippen LogP contribution in [0.15, 0.2) is 51.8 Å². The van der Waals surface area contributed by atoms with E-state index in [1.54, 1.807) is 18.2 Å². The fourth-order valence-electron chi connectivity index (χ4n) is 2.96. The molecule has 0 unspecified atom stereocenters. The molecule has 2 amide bonds. The molecule has 0 aromatic heterocycles. The molecule has 0 N–H and O–H groups in total. The second kappa shape index (κ2) is 7.78. The van der Waals surface area contributed by atoms with E-state index in [0.29, 0.717) is 22.9 Å². The molecule has 5 nitrogen and oxygen atoms in total. The first-order valence-corrected chi connectivity index (χ1v) is 10.1. The summed E-state index contributed by atoms with van der Waals surface area (Å²) in [5, 5.41) is -0.226. The van der Waals surface area contributed by atoms with Crippen LogP contribution in [0, 0.1) is 0 Å². The van der Waals surface area contributed by atoms with Gasteiger partial charge in [0.05, 0.1) is 4.91 Å². The predicted molar refractivity (Wildman–Crippen MR) is 108 cm³/mol. The standard InChI is InChI=1S/C20H16BrNO4S/c21-15-11-17-16(25-12-26-17)9-14(15)10-18-19(23)22(20(24)27-18)8-4-7-13-5-2-1-3-6-13/h1-3,5-6,9-11H,4,7-8,12H2/b18-10-. The summed E-state index contributed by atoms with van der Waals surface area (Å²) in [6.45, 7) is 0.600. The van der Waals surface area contributed by atoms with Crippen molar-refractivity contribution in [3.8, 4) is 11.5 Å². The third-order valence-electron chi connectivity index (χ3n) is 4.34. The lowest BCUT2D eigenvalue weighted by Crippen LogP contribution is -2.29. The second-order valence-electron chi connectivity index (χ2n) is 6.15. The number of benzene rings is 2. The van der Waals surface area contributed by atoms with Gasteiger partial charge in [0.25, 0.3) is 11.1 Å². The van der Waals surface area contributed by atoms with Crippen molar-refractivity contribution < 1.29 is 19.1 Å². The molecule has 0 atom stereocenters. The molecule has 0 aliphatic carbocycles. The molecule has 138 valence electrons. The van der Waals surface area contributed by atoms with E-state index in [9.17, 15) is 9.59 Å². The summed E-state index contributed by atoms with van der Waals surface area (Å²) in [6, 6.07) is 13.6. The number of halogens is 1. The first-order chi connectivity index (χ1) is 13.1. The van der Waals surface area contributed by atoms with Gasteiger partial charge >= 0.3 is 0 Å². The summed E-state index contributed by atoms with van der Waals surface area (Å²) >= 11 is 4.45. The molecule has 0 bridgehead atoms. The van der Waals surface area contributed by atoms with E-state index in [2.05, 4.69) is 15.9 Å². The highest BCUT2D eigenvalue weighted by molar-refractivity contribution is 9.10. The number of ether oxygens (including phenoxy) is 2. The molecule has 27 heavy (non-hydrogen) atoms. The molecule has 0 radical (unpaired) electrons. The van der Waals surface area contributed by atoms with Crippen LogP contribution in [0.1, 0.15) is 17.5 Å². The number of aryl methyl sites for hydroxylation is 1. The van der Waals surface area contributed by atoms with Gasteiger partial charge in [-0.15, -0.1) is 0 Å². The number of nitrogens with zero attached hydrogens (tertiary/aromatic N) is 1. The van der Waals surface area contributed by atoms with Gasteiger partial charge in [-0.05, 0) is 53.9 Å². The SMILES string of the molecule is O=C1S/C(=C\c2cc3c(cc2Br)OCO3)C(=O)N1CCCc1ccccc1. The van der Waals surface area contributed by atoms with Crippen LogP contribution in [0.3, 0.4) is 0 Å². The normalized spacial score (nSPS) is 17.2. The van der Waals surface area contributed by atoms with Gasteiger partial charge in [-0.25, -0.2) is 0 Å². The van der Waals surface area contributed by atoms with Crippen LogP contribution < -0.4 is 9.47 Å². The summed E-state index contributed by atoms with van der Waals surface area (Å²) < 4.78 is 11.5. The van der Waals surface area contributed by atoms with E-state index >= 15 is 0 Å². The molecular formula is C20H16BrNO4S. The predicted octanol–water partition coefficient (Wildman–Crippen LogP) is 4.85. The van der Waals surface area contributed by atoms with Crippen LogP contribution in [0.2, 0.25) is 0 Å². The largest absolute Gasteiger partial charge is 0.454 e. The van der Waals surface area contributed by atoms with E-state index in [1.807, 2.05) is 30.3 Å². The minimum absolute atomic E-state index is 0.184. The van der Waals surface area contributed by atoms with E-state index in [-0.39, 0.29) is 17.9 Å². The Morgan fingerprint density at radius 1 is 1.11 bits per heavy atom. The number of imide groups is 1. The Kier molecular flexibility index (Phi) is 5.22. The van der Waals surface area contributed by atoms with Crippen molar-refractivity contribution in [1.29, 1.82) is 0 Å². The van der Waals surface area contributed by atoms with E-state index < -0.39 is 0 Å². The number of carbonyl (C=O) groups is 2. The van der Waals surface area contributed by atoms with Crippen LogP contribution >= 0.6 is 27.7 Å². The van der Waals surface area contributed by atoms with Crippen LogP contribution in [-0.2, 0) is 11.2 Å². The molecule has 2 aliphatic rings. The Bertz CT molecular complexity index is 929. The average Bonchev–Trinajstić information content (AvgIpc) is 3.22. The molecule has 1 fully saturated rings. The zero-order chi connectivity index (χ0) is 18.8. The average molecular weight is 446 g/mol. The smallest absolute Gasteiger partial charge is 0.293 e. The third kappa shape index (κ3) is 3.89. The molecule has 2 aliphatic heterocycles. The first-order valence-electron chi connectivity index (χ1n) is 8.50. The maximum Gasteiger partial charge on any atom is 0.293 e. The van der Waals surface area contributed by atoms with Crippen LogP contribution in [0.5, 0.6) is 11.5 Å². The topological polar surface area (TPSA) is 55.8 Å². The molecule has 2 aromatic carbocycles. The molecule has 0 spiro atoms. The zero-order valence-corrected chi connectivity index (χ0v) is 16.7. The fraction of sp³-hybridized carbons (Fsp3) is 0.200. The Balaban J connectivity index is 1.45. The second-order valence-corrected chi connectivity index (χ2v) is 8.00. The maximum atomic E-state index is 12.7. The number of thioether (sulfide) groups is 1. The van der Waals surface area contributed by atoms with Crippen LogP contribution in [0.4, 0.5) is 4.79 Å². The molecule has 2 heterocycles. The zero-order valence-electron chi connectivity index (χ0n) is 14.3. The van der Waals surface area contributed by atoms with Crippen molar-refractivity contribution >= 4 is 44.9 Å². The summed E-state index contributed by atoms with van der Waals surface area (Å²) in [5.41, 5.74) is 1.97. The highest BCUT2D eigenvalue weighted by atomic mass is 79.9. The van der Waals surface area contributed by atoms with Crippen molar-refractivity contribution in [3.63, 3.8) is 0 Å². The van der Waals surface area contributed by atoms with Crippen molar-refractivity contribution in [2.24, 2.45) is 0 Å². The van der Waals surface area contributed by atoms with Gasteiger partial charge < -0.3 is 9.47 Å². The maximum absolute atomic E-state index is 12.7. The Hall–Kier alpha value is -2.25. The lowest BCUT2D eigenvalue weighted by molar-refractivity contribution is -0.122. The van der Waals surface area contributed by atoms with Crippen molar-refractivity contribution in [2.75, 3.05) is 13.3 Å².